The van der Waals surface area contributed by atoms with Crippen LogP contribution in [0.15, 0.2) is 24.3 Å². The quantitative estimate of drug-likeness (QED) is 0.901. The van der Waals surface area contributed by atoms with Crippen LogP contribution in [0.1, 0.15) is 46.6 Å². The van der Waals surface area contributed by atoms with E-state index in [2.05, 4.69) is 10.2 Å². The van der Waals surface area contributed by atoms with Gasteiger partial charge in [-0.2, -0.15) is 5.10 Å². The molecule has 0 atom stereocenters. The SMILES string of the molecule is O=C1CCN(C(=O)c2n[nH]c3c2CCCC3)CCN1Cc1ccccc1F. The van der Waals surface area contributed by atoms with E-state index in [1.807, 2.05) is 0 Å². The molecular weight excluding hydrogens is 347 g/mol. The number of amides is 2. The molecule has 27 heavy (non-hydrogen) atoms. The molecule has 142 valence electrons. The minimum Gasteiger partial charge on any atom is -0.336 e. The number of nitrogens with one attached hydrogen (secondary N) is 1. The number of hydrogen-bond donors (Lipinski definition) is 1. The summed E-state index contributed by atoms with van der Waals surface area (Å²) in [5, 5.41) is 7.26. The van der Waals surface area contributed by atoms with Crippen molar-refractivity contribution < 1.29 is 14.0 Å². The van der Waals surface area contributed by atoms with Crippen LogP contribution in [0.4, 0.5) is 4.39 Å². The zero-order chi connectivity index (χ0) is 18.8. The van der Waals surface area contributed by atoms with Crippen molar-refractivity contribution >= 4 is 11.8 Å². The van der Waals surface area contributed by atoms with Crippen molar-refractivity contribution in [3.8, 4) is 0 Å². The highest BCUT2D eigenvalue weighted by Gasteiger charge is 2.29. The third kappa shape index (κ3) is 3.59. The van der Waals surface area contributed by atoms with Crippen LogP contribution in [0.25, 0.3) is 0 Å². The number of H-pyrrole nitrogens is 1. The van der Waals surface area contributed by atoms with Crippen molar-refractivity contribution in [2.45, 2.75) is 38.6 Å². The smallest absolute Gasteiger partial charge is 0.274 e. The van der Waals surface area contributed by atoms with Gasteiger partial charge < -0.3 is 9.80 Å². The first-order chi connectivity index (χ1) is 13.1. The molecule has 1 aromatic carbocycles. The molecule has 0 bridgehead atoms. The highest BCUT2D eigenvalue weighted by atomic mass is 19.1. The van der Waals surface area contributed by atoms with E-state index in [0.717, 1.165) is 36.9 Å². The van der Waals surface area contributed by atoms with Gasteiger partial charge in [0, 0.05) is 49.4 Å². The van der Waals surface area contributed by atoms with Crippen molar-refractivity contribution in [2.24, 2.45) is 0 Å². The third-order valence-corrected chi connectivity index (χ3v) is 5.45. The van der Waals surface area contributed by atoms with E-state index in [-0.39, 0.29) is 30.6 Å². The van der Waals surface area contributed by atoms with Gasteiger partial charge >= 0.3 is 0 Å². The monoisotopic (exact) mass is 370 g/mol. The first-order valence-electron chi connectivity index (χ1n) is 9.50. The fraction of sp³-hybridized carbons (Fsp3) is 0.450. The lowest BCUT2D eigenvalue weighted by molar-refractivity contribution is -0.130. The van der Waals surface area contributed by atoms with Crippen LogP contribution in [0.5, 0.6) is 0 Å². The van der Waals surface area contributed by atoms with Gasteiger partial charge in [-0.05, 0) is 31.7 Å². The second kappa shape index (κ2) is 7.50. The summed E-state index contributed by atoms with van der Waals surface area (Å²) in [6.45, 7) is 1.42. The van der Waals surface area contributed by atoms with Gasteiger partial charge in [-0.15, -0.1) is 0 Å². The topological polar surface area (TPSA) is 69.3 Å². The number of hydrogen-bond acceptors (Lipinski definition) is 3. The van der Waals surface area contributed by atoms with Crippen LogP contribution >= 0.6 is 0 Å². The summed E-state index contributed by atoms with van der Waals surface area (Å²) < 4.78 is 13.9. The fourth-order valence-corrected chi connectivity index (χ4v) is 3.88. The van der Waals surface area contributed by atoms with Gasteiger partial charge in [0.2, 0.25) is 5.91 Å². The van der Waals surface area contributed by atoms with Crippen LogP contribution in [-0.2, 0) is 24.2 Å². The number of halogens is 1. The molecule has 1 saturated heterocycles. The largest absolute Gasteiger partial charge is 0.336 e. The number of benzene rings is 1. The molecule has 2 amide bonds. The zero-order valence-corrected chi connectivity index (χ0v) is 15.2. The van der Waals surface area contributed by atoms with Gasteiger partial charge in [0.05, 0.1) is 0 Å². The van der Waals surface area contributed by atoms with Gasteiger partial charge in [-0.3, -0.25) is 14.7 Å². The highest BCUT2D eigenvalue weighted by Crippen LogP contribution is 2.23. The second-order valence-electron chi connectivity index (χ2n) is 7.19. The number of rotatable bonds is 3. The lowest BCUT2D eigenvalue weighted by Gasteiger charge is -2.22. The van der Waals surface area contributed by atoms with E-state index in [0.29, 0.717) is 30.9 Å². The average molecular weight is 370 g/mol. The number of aromatic nitrogens is 2. The Morgan fingerprint density at radius 3 is 2.78 bits per heavy atom. The standard InChI is InChI=1S/C20H23FN4O2/c21-16-7-3-1-5-14(16)13-25-12-11-24(10-9-18(25)26)20(27)19-15-6-2-4-8-17(15)22-23-19/h1,3,5,7H,2,4,6,8-13H2,(H,22,23). The normalized spacial score (nSPS) is 17.6. The molecule has 1 aliphatic heterocycles. The summed E-state index contributed by atoms with van der Waals surface area (Å²) in [4.78, 5) is 28.8. The third-order valence-electron chi connectivity index (χ3n) is 5.45. The number of carbonyl (C=O) groups excluding carboxylic acids is 2. The Morgan fingerprint density at radius 1 is 1.11 bits per heavy atom. The second-order valence-corrected chi connectivity index (χ2v) is 7.19. The maximum atomic E-state index is 13.9. The average Bonchev–Trinajstić information content (AvgIpc) is 3.03. The number of aryl methyl sites for hydroxylation is 1. The van der Waals surface area contributed by atoms with Crippen LogP contribution in [0, 0.1) is 5.82 Å². The van der Waals surface area contributed by atoms with Gasteiger partial charge in [0.25, 0.3) is 5.91 Å². The molecule has 0 saturated carbocycles. The maximum absolute atomic E-state index is 13.9. The summed E-state index contributed by atoms with van der Waals surface area (Å²) >= 11 is 0. The molecule has 2 aromatic rings. The van der Waals surface area contributed by atoms with Crippen molar-refractivity contribution in [3.05, 3.63) is 52.6 Å². The molecule has 4 rings (SSSR count). The van der Waals surface area contributed by atoms with E-state index < -0.39 is 0 Å². The zero-order valence-electron chi connectivity index (χ0n) is 15.2. The number of carbonyl (C=O) groups is 2. The molecular formula is C20H23FN4O2. The molecule has 0 unspecified atom stereocenters. The summed E-state index contributed by atoms with van der Waals surface area (Å²) in [5.41, 5.74) is 3.09. The molecule has 1 aromatic heterocycles. The predicted octanol–water partition coefficient (Wildman–Crippen LogP) is 2.30. The summed E-state index contributed by atoms with van der Waals surface area (Å²) in [7, 11) is 0. The van der Waals surface area contributed by atoms with Crippen LogP contribution in [0.3, 0.4) is 0 Å². The van der Waals surface area contributed by atoms with Gasteiger partial charge in [0.15, 0.2) is 5.69 Å². The first kappa shape index (κ1) is 17.7. The summed E-state index contributed by atoms with van der Waals surface area (Å²) in [6.07, 6.45) is 4.24. The Balaban J connectivity index is 1.46. The lowest BCUT2D eigenvalue weighted by Crippen LogP contribution is -2.36. The Bertz CT molecular complexity index is 863. The minimum absolute atomic E-state index is 0.0578. The number of fused-ring (bicyclic) bond motifs is 1. The van der Waals surface area contributed by atoms with E-state index in [1.54, 1.807) is 28.0 Å². The summed E-state index contributed by atoms with van der Waals surface area (Å²) in [6, 6.07) is 6.48. The minimum atomic E-state index is -0.314. The molecule has 0 radical (unpaired) electrons. The molecule has 2 heterocycles. The van der Waals surface area contributed by atoms with Crippen LogP contribution < -0.4 is 0 Å². The highest BCUT2D eigenvalue weighted by molar-refractivity contribution is 5.94. The number of aromatic amines is 1. The Morgan fingerprint density at radius 2 is 1.93 bits per heavy atom. The van der Waals surface area contributed by atoms with Crippen molar-refractivity contribution in [1.82, 2.24) is 20.0 Å². The van der Waals surface area contributed by atoms with Crippen LogP contribution in [0.2, 0.25) is 0 Å². The van der Waals surface area contributed by atoms with Crippen molar-refractivity contribution in [2.75, 3.05) is 19.6 Å². The molecule has 6 nitrogen and oxygen atoms in total. The fourth-order valence-electron chi connectivity index (χ4n) is 3.88. The van der Waals surface area contributed by atoms with Gasteiger partial charge in [0.1, 0.15) is 5.82 Å². The molecule has 1 fully saturated rings. The molecule has 1 aliphatic carbocycles. The van der Waals surface area contributed by atoms with E-state index >= 15 is 0 Å². The Kier molecular flexibility index (Phi) is 4.92. The van der Waals surface area contributed by atoms with Gasteiger partial charge in [-0.1, -0.05) is 18.2 Å². The van der Waals surface area contributed by atoms with E-state index in [1.165, 1.54) is 6.07 Å². The van der Waals surface area contributed by atoms with E-state index in [9.17, 15) is 14.0 Å². The van der Waals surface area contributed by atoms with Gasteiger partial charge in [-0.25, -0.2) is 4.39 Å². The molecule has 0 spiro atoms. The lowest BCUT2D eigenvalue weighted by atomic mass is 9.95. The Hall–Kier alpha value is -2.70. The Labute approximate surface area is 157 Å². The van der Waals surface area contributed by atoms with Crippen molar-refractivity contribution in [1.29, 1.82) is 0 Å². The first-order valence-corrected chi connectivity index (χ1v) is 9.50. The maximum Gasteiger partial charge on any atom is 0.274 e. The summed E-state index contributed by atoms with van der Waals surface area (Å²) in [5.74, 6) is -0.488. The van der Waals surface area contributed by atoms with Crippen LogP contribution in [-0.4, -0.2) is 51.4 Å². The predicted molar refractivity (Wildman–Crippen MR) is 97.6 cm³/mol. The molecule has 1 N–H and O–H groups in total. The molecule has 7 heteroatoms. The van der Waals surface area contributed by atoms with E-state index in [4.69, 9.17) is 0 Å². The van der Waals surface area contributed by atoms with Crippen molar-refractivity contribution in [3.63, 3.8) is 0 Å². The molecule has 2 aliphatic rings. The number of nitrogens with zero attached hydrogens (tertiary/aromatic N) is 3.